The third-order valence-corrected chi connectivity index (χ3v) is 9.02. The molecule has 1 N–H and O–H groups in total. The van der Waals surface area contributed by atoms with Crippen LogP contribution in [-0.4, -0.2) is 67.4 Å². The summed E-state index contributed by atoms with van der Waals surface area (Å²) in [4.78, 5) is 26.9. The van der Waals surface area contributed by atoms with Crippen LogP contribution >= 0.6 is 0 Å². The van der Waals surface area contributed by atoms with E-state index in [4.69, 9.17) is 4.42 Å². The Morgan fingerprint density at radius 3 is 2.50 bits per heavy atom. The molecular formula is C24H36N4O5S. The lowest BCUT2D eigenvalue weighted by Gasteiger charge is -2.35. The number of piperidine rings is 2. The Bertz CT molecular complexity index is 1170. The molecule has 3 heterocycles. The summed E-state index contributed by atoms with van der Waals surface area (Å²) in [7, 11) is -2.15. The van der Waals surface area contributed by atoms with E-state index in [-0.39, 0.29) is 22.3 Å². The lowest BCUT2D eigenvalue weighted by molar-refractivity contribution is -0.126. The van der Waals surface area contributed by atoms with Crippen LogP contribution in [0.5, 0.6) is 0 Å². The highest BCUT2D eigenvalue weighted by Gasteiger charge is 2.32. The maximum Gasteiger partial charge on any atom is 0.419 e. The van der Waals surface area contributed by atoms with Gasteiger partial charge < -0.3 is 14.6 Å². The molecule has 0 saturated carbocycles. The van der Waals surface area contributed by atoms with Gasteiger partial charge in [0.1, 0.15) is 0 Å². The number of nitrogens with one attached hydrogen (secondary N) is 1. The first-order valence-corrected chi connectivity index (χ1v) is 13.7. The summed E-state index contributed by atoms with van der Waals surface area (Å²) >= 11 is 0. The highest BCUT2D eigenvalue weighted by molar-refractivity contribution is 7.89. The number of aryl methyl sites for hydroxylation is 1. The van der Waals surface area contributed by atoms with Gasteiger partial charge in [0, 0.05) is 51.8 Å². The second-order valence-corrected chi connectivity index (χ2v) is 12.0. The zero-order valence-electron chi connectivity index (χ0n) is 20.3. The van der Waals surface area contributed by atoms with Crippen LogP contribution in [0.4, 0.5) is 0 Å². The van der Waals surface area contributed by atoms with Crippen molar-refractivity contribution < 1.29 is 17.6 Å². The normalized spacial score (nSPS) is 23.4. The maximum atomic E-state index is 13.1. The number of sulfonamides is 1. The fourth-order valence-electron chi connectivity index (χ4n) is 5.42. The molecule has 2 atom stereocenters. The molecule has 0 spiro atoms. The van der Waals surface area contributed by atoms with Crippen molar-refractivity contribution >= 4 is 27.0 Å². The molecule has 2 aliphatic heterocycles. The summed E-state index contributed by atoms with van der Waals surface area (Å²) < 4.78 is 34.1. The Balaban J connectivity index is 1.25. The van der Waals surface area contributed by atoms with E-state index >= 15 is 0 Å². The zero-order valence-corrected chi connectivity index (χ0v) is 21.1. The number of hydrogen-bond donors (Lipinski definition) is 1. The lowest BCUT2D eigenvalue weighted by atomic mass is 9.92. The van der Waals surface area contributed by atoms with Gasteiger partial charge in [-0.3, -0.25) is 9.36 Å². The quantitative estimate of drug-likeness (QED) is 0.593. The molecule has 1 aromatic heterocycles. The number of carbonyl (C=O) groups is 1. The van der Waals surface area contributed by atoms with E-state index in [1.165, 1.54) is 27.4 Å². The van der Waals surface area contributed by atoms with Crippen LogP contribution in [0, 0.1) is 17.8 Å². The average molecular weight is 493 g/mol. The number of nitrogens with zero attached hydrogens (tertiary/aromatic N) is 3. The number of aromatic nitrogens is 1. The van der Waals surface area contributed by atoms with Crippen molar-refractivity contribution in [2.24, 2.45) is 24.8 Å². The van der Waals surface area contributed by atoms with Gasteiger partial charge in [-0.2, -0.15) is 4.31 Å². The Morgan fingerprint density at radius 2 is 1.82 bits per heavy atom. The minimum atomic E-state index is -3.72. The topological polar surface area (TPSA) is 105 Å². The molecule has 9 nitrogen and oxygen atoms in total. The van der Waals surface area contributed by atoms with Crippen LogP contribution < -0.4 is 11.1 Å². The molecule has 0 bridgehead atoms. The molecule has 2 aromatic rings. The molecule has 4 rings (SSSR count). The predicted octanol–water partition coefficient (Wildman–Crippen LogP) is 2.02. The van der Waals surface area contributed by atoms with Gasteiger partial charge in [0.25, 0.3) is 0 Å². The molecule has 2 fully saturated rings. The number of rotatable bonds is 7. The molecular weight excluding hydrogens is 456 g/mol. The van der Waals surface area contributed by atoms with Crippen molar-refractivity contribution in [3.05, 3.63) is 28.7 Å². The monoisotopic (exact) mass is 492 g/mol. The number of oxazole rings is 1. The Morgan fingerprint density at radius 1 is 1.15 bits per heavy atom. The van der Waals surface area contributed by atoms with Gasteiger partial charge >= 0.3 is 5.76 Å². The number of carbonyl (C=O) groups excluding carboxylic acids is 1. The van der Waals surface area contributed by atoms with Gasteiger partial charge in [-0.05, 0) is 56.2 Å². The van der Waals surface area contributed by atoms with Crippen molar-refractivity contribution in [2.75, 3.05) is 39.3 Å². The molecule has 2 saturated heterocycles. The van der Waals surface area contributed by atoms with Crippen LogP contribution in [0.15, 0.2) is 32.3 Å². The number of amides is 1. The first-order chi connectivity index (χ1) is 16.1. The van der Waals surface area contributed by atoms with E-state index in [1.54, 1.807) is 13.1 Å². The van der Waals surface area contributed by atoms with Crippen LogP contribution in [0.2, 0.25) is 0 Å². The van der Waals surface area contributed by atoms with Gasteiger partial charge in [-0.1, -0.05) is 13.8 Å². The molecule has 1 amide bonds. The minimum Gasteiger partial charge on any atom is -0.408 e. The van der Waals surface area contributed by atoms with Crippen LogP contribution in [0.25, 0.3) is 11.1 Å². The predicted molar refractivity (Wildman–Crippen MR) is 130 cm³/mol. The third-order valence-electron chi connectivity index (χ3n) is 7.12. The molecule has 188 valence electrons. The molecule has 10 heteroatoms. The summed E-state index contributed by atoms with van der Waals surface area (Å²) in [6, 6.07) is 4.47. The largest absolute Gasteiger partial charge is 0.419 e. The maximum absolute atomic E-state index is 13.1. The van der Waals surface area contributed by atoms with E-state index in [1.807, 2.05) is 0 Å². The SMILES string of the molecule is CC1CC(C)CN(CCCNC(=O)C2CCN(S(=O)(=O)c3ccc4c(c3)oc(=O)n4C)CC2)C1. The second-order valence-electron chi connectivity index (χ2n) is 10.1. The van der Waals surface area contributed by atoms with Crippen molar-refractivity contribution in [1.29, 1.82) is 0 Å². The van der Waals surface area contributed by atoms with E-state index < -0.39 is 15.8 Å². The van der Waals surface area contributed by atoms with Gasteiger partial charge in [-0.25, -0.2) is 13.2 Å². The van der Waals surface area contributed by atoms with Gasteiger partial charge in [0.2, 0.25) is 15.9 Å². The summed E-state index contributed by atoms with van der Waals surface area (Å²) in [5, 5.41) is 3.05. The van der Waals surface area contributed by atoms with E-state index in [0.717, 1.165) is 37.9 Å². The van der Waals surface area contributed by atoms with Crippen LogP contribution in [0.3, 0.4) is 0 Å². The average Bonchev–Trinajstić information content (AvgIpc) is 3.09. The molecule has 0 aliphatic carbocycles. The molecule has 2 aliphatic rings. The molecule has 0 radical (unpaired) electrons. The van der Waals surface area contributed by atoms with Gasteiger partial charge in [-0.15, -0.1) is 0 Å². The molecule has 2 unspecified atom stereocenters. The van der Waals surface area contributed by atoms with Gasteiger partial charge in [0.15, 0.2) is 5.58 Å². The van der Waals surface area contributed by atoms with Crippen molar-refractivity contribution in [1.82, 2.24) is 19.1 Å². The Labute approximate surface area is 201 Å². The summed E-state index contributed by atoms with van der Waals surface area (Å²) in [6.45, 7) is 9.10. The lowest BCUT2D eigenvalue weighted by Crippen LogP contribution is -2.43. The number of benzene rings is 1. The molecule has 34 heavy (non-hydrogen) atoms. The summed E-state index contributed by atoms with van der Waals surface area (Å²) in [6.07, 6.45) is 3.21. The van der Waals surface area contributed by atoms with E-state index in [9.17, 15) is 18.0 Å². The first kappa shape index (κ1) is 24.9. The minimum absolute atomic E-state index is 0.0184. The molecule has 1 aromatic carbocycles. The first-order valence-electron chi connectivity index (χ1n) is 12.2. The van der Waals surface area contributed by atoms with Crippen LogP contribution in [0.1, 0.15) is 39.5 Å². The smallest absolute Gasteiger partial charge is 0.408 e. The standard InChI is InChI=1S/C24H36N4O5S/c1-17-13-18(2)16-27(15-17)10-4-9-25-23(29)19-7-11-28(12-8-19)34(31,32)20-5-6-21-22(14-20)33-24(30)26(21)3/h5-6,14,17-19H,4,7-13,15-16H2,1-3H3,(H,25,29). The number of likely N-dealkylation sites (tertiary alicyclic amines) is 1. The highest BCUT2D eigenvalue weighted by Crippen LogP contribution is 2.26. The van der Waals surface area contributed by atoms with Crippen molar-refractivity contribution in [3.63, 3.8) is 0 Å². The van der Waals surface area contributed by atoms with Gasteiger partial charge in [0.05, 0.1) is 10.4 Å². The third kappa shape index (κ3) is 5.39. The Kier molecular flexibility index (Phi) is 7.49. The number of hydrogen-bond acceptors (Lipinski definition) is 6. The van der Waals surface area contributed by atoms with E-state index in [0.29, 0.717) is 38.0 Å². The van der Waals surface area contributed by atoms with Crippen molar-refractivity contribution in [3.8, 4) is 0 Å². The zero-order chi connectivity index (χ0) is 24.5. The fraction of sp³-hybridized carbons (Fsp3) is 0.667. The summed E-state index contributed by atoms with van der Waals surface area (Å²) in [5.41, 5.74) is 0.792. The highest BCUT2D eigenvalue weighted by atomic mass is 32.2. The van der Waals surface area contributed by atoms with E-state index in [2.05, 4.69) is 24.1 Å². The number of fused-ring (bicyclic) bond motifs is 1. The fourth-order valence-corrected chi connectivity index (χ4v) is 6.90. The second kappa shape index (κ2) is 10.2. The van der Waals surface area contributed by atoms with Crippen molar-refractivity contribution in [2.45, 2.75) is 44.4 Å². The van der Waals surface area contributed by atoms with Crippen LogP contribution in [-0.2, 0) is 21.9 Å². The summed E-state index contributed by atoms with van der Waals surface area (Å²) in [5.74, 6) is 0.776. The Hall–Kier alpha value is -2.17.